The second kappa shape index (κ2) is 5.09. The first-order chi connectivity index (χ1) is 9.61. The van der Waals surface area contributed by atoms with E-state index in [4.69, 9.17) is 0 Å². The average Bonchev–Trinajstić information content (AvgIpc) is 2.94. The van der Waals surface area contributed by atoms with E-state index >= 15 is 0 Å². The molecule has 3 aromatic rings. The van der Waals surface area contributed by atoms with E-state index in [0.29, 0.717) is 6.42 Å². The molecule has 0 fully saturated rings. The van der Waals surface area contributed by atoms with Crippen LogP contribution in [0.25, 0.3) is 4.96 Å². The number of anilines is 1. The summed E-state index contributed by atoms with van der Waals surface area (Å²) < 4.78 is 1.93. The Morgan fingerprint density at radius 2 is 2.20 bits per heavy atom. The number of amides is 1. The van der Waals surface area contributed by atoms with Crippen molar-refractivity contribution in [2.24, 2.45) is 0 Å². The zero-order valence-electron chi connectivity index (χ0n) is 11.4. The Bertz CT molecular complexity index is 744. The fraction of sp³-hybridized carbons (Fsp3) is 0.200. The van der Waals surface area contributed by atoms with E-state index in [1.54, 1.807) is 11.3 Å². The third-order valence-electron chi connectivity index (χ3n) is 3.28. The summed E-state index contributed by atoms with van der Waals surface area (Å²) in [6.07, 6.45) is 4.13. The number of thiazole rings is 1. The molecule has 0 aliphatic carbocycles. The van der Waals surface area contributed by atoms with Gasteiger partial charge in [-0.1, -0.05) is 6.07 Å². The molecule has 102 valence electrons. The first-order valence-corrected chi connectivity index (χ1v) is 7.28. The number of aromatic nitrogens is 2. The number of hydrogen-bond acceptors (Lipinski definition) is 3. The maximum absolute atomic E-state index is 12.0. The minimum Gasteiger partial charge on any atom is -0.326 e. The van der Waals surface area contributed by atoms with Gasteiger partial charge < -0.3 is 5.32 Å². The lowest BCUT2D eigenvalue weighted by atomic mass is 10.1. The molecule has 4 nitrogen and oxygen atoms in total. The number of benzene rings is 1. The van der Waals surface area contributed by atoms with Crippen LogP contribution in [0.3, 0.4) is 0 Å². The van der Waals surface area contributed by atoms with E-state index in [1.165, 1.54) is 11.1 Å². The Labute approximate surface area is 121 Å². The first-order valence-electron chi connectivity index (χ1n) is 6.40. The Morgan fingerprint density at radius 1 is 1.35 bits per heavy atom. The van der Waals surface area contributed by atoms with Gasteiger partial charge in [0.1, 0.15) is 0 Å². The topological polar surface area (TPSA) is 46.4 Å². The van der Waals surface area contributed by atoms with Gasteiger partial charge in [0.15, 0.2) is 4.96 Å². The fourth-order valence-electron chi connectivity index (χ4n) is 2.05. The Balaban J connectivity index is 1.70. The number of aryl methyl sites for hydroxylation is 2. The van der Waals surface area contributed by atoms with Crippen molar-refractivity contribution < 1.29 is 4.79 Å². The largest absolute Gasteiger partial charge is 0.326 e. The lowest BCUT2D eigenvalue weighted by Gasteiger charge is -2.06. The SMILES string of the molecule is Cc1ccc(NC(=O)Cc2cn3ccsc3n2)cc1C. The van der Waals surface area contributed by atoms with Crippen LogP contribution in [0.15, 0.2) is 36.0 Å². The predicted molar refractivity (Wildman–Crippen MR) is 81.3 cm³/mol. The molecule has 0 unspecified atom stereocenters. The van der Waals surface area contributed by atoms with Crippen LogP contribution >= 0.6 is 11.3 Å². The molecule has 0 aliphatic rings. The average molecular weight is 285 g/mol. The number of imidazole rings is 1. The third kappa shape index (κ3) is 2.58. The molecule has 0 aliphatic heterocycles. The summed E-state index contributed by atoms with van der Waals surface area (Å²) in [5, 5.41) is 4.88. The molecular weight excluding hydrogens is 270 g/mol. The van der Waals surface area contributed by atoms with Gasteiger partial charge in [-0.05, 0) is 37.1 Å². The zero-order chi connectivity index (χ0) is 14.1. The van der Waals surface area contributed by atoms with Gasteiger partial charge in [0.05, 0.1) is 12.1 Å². The minimum atomic E-state index is -0.0426. The van der Waals surface area contributed by atoms with Crippen LogP contribution in [-0.4, -0.2) is 15.3 Å². The van der Waals surface area contributed by atoms with Crippen molar-refractivity contribution in [2.75, 3.05) is 5.32 Å². The summed E-state index contributed by atoms with van der Waals surface area (Å²) in [5.74, 6) is -0.0426. The van der Waals surface area contributed by atoms with Gasteiger partial charge in [0.25, 0.3) is 0 Å². The van der Waals surface area contributed by atoms with E-state index < -0.39 is 0 Å². The molecule has 3 rings (SSSR count). The molecule has 0 bridgehead atoms. The lowest BCUT2D eigenvalue weighted by Crippen LogP contribution is -2.14. The molecule has 2 heterocycles. The van der Waals surface area contributed by atoms with Gasteiger partial charge in [-0.2, -0.15) is 0 Å². The van der Waals surface area contributed by atoms with E-state index in [1.807, 2.05) is 47.3 Å². The molecule has 1 aromatic carbocycles. The zero-order valence-corrected chi connectivity index (χ0v) is 12.2. The molecule has 1 amide bonds. The number of nitrogens with one attached hydrogen (secondary N) is 1. The molecular formula is C15H15N3OS. The van der Waals surface area contributed by atoms with Crippen LogP contribution in [0.1, 0.15) is 16.8 Å². The highest BCUT2D eigenvalue weighted by atomic mass is 32.1. The molecule has 0 radical (unpaired) electrons. The Hall–Kier alpha value is -2.14. The van der Waals surface area contributed by atoms with Crippen molar-refractivity contribution in [2.45, 2.75) is 20.3 Å². The minimum absolute atomic E-state index is 0.0426. The van der Waals surface area contributed by atoms with Crippen molar-refractivity contribution in [1.82, 2.24) is 9.38 Å². The van der Waals surface area contributed by atoms with E-state index in [-0.39, 0.29) is 5.91 Å². The molecule has 2 aromatic heterocycles. The second-order valence-corrected chi connectivity index (χ2v) is 5.72. The molecule has 0 spiro atoms. The molecule has 5 heteroatoms. The van der Waals surface area contributed by atoms with Crippen LogP contribution in [0.4, 0.5) is 5.69 Å². The predicted octanol–water partition coefficient (Wildman–Crippen LogP) is 3.19. The highest BCUT2D eigenvalue weighted by molar-refractivity contribution is 7.15. The first kappa shape index (κ1) is 12.9. The maximum Gasteiger partial charge on any atom is 0.230 e. The summed E-state index contributed by atoms with van der Waals surface area (Å²) in [5.41, 5.74) is 4.01. The van der Waals surface area contributed by atoms with Gasteiger partial charge >= 0.3 is 0 Å². The van der Waals surface area contributed by atoms with Gasteiger partial charge in [-0.25, -0.2) is 4.98 Å². The summed E-state index contributed by atoms with van der Waals surface area (Å²) in [7, 11) is 0. The quantitative estimate of drug-likeness (QED) is 0.803. The fourth-order valence-corrected chi connectivity index (χ4v) is 2.77. The van der Waals surface area contributed by atoms with Crippen molar-refractivity contribution in [3.05, 3.63) is 52.8 Å². The van der Waals surface area contributed by atoms with Crippen LogP contribution < -0.4 is 5.32 Å². The standard InChI is InChI=1S/C15H15N3OS/c1-10-3-4-12(7-11(10)2)16-14(19)8-13-9-18-5-6-20-15(18)17-13/h3-7,9H,8H2,1-2H3,(H,16,19). The van der Waals surface area contributed by atoms with Crippen LogP contribution in [-0.2, 0) is 11.2 Å². The Morgan fingerprint density at radius 3 is 2.95 bits per heavy atom. The molecule has 0 saturated heterocycles. The van der Waals surface area contributed by atoms with Crippen molar-refractivity contribution in [3.63, 3.8) is 0 Å². The van der Waals surface area contributed by atoms with Gasteiger partial charge in [0.2, 0.25) is 5.91 Å². The van der Waals surface area contributed by atoms with Crippen molar-refractivity contribution in [3.8, 4) is 0 Å². The molecule has 0 atom stereocenters. The summed E-state index contributed by atoms with van der Waals surface area (Å²) in [6, 6.07) is 5.92. The van der Waals surface area contributed by atoms with Crippen molar-refractivity contribution >= 4 is 27.9 Å². The monoisotopic (exact) mass is 285 g/mol. The van der Waals surface area contributed by atoms with Crippen LogP contribution in [0.5, 0.6) is 0 Å². The number of nitrogens with zero attached hydrogens (tertiary/aromatic N) is 2. The van der Waals surface area contributed by atoms with Crippen LogP contribution in [0, 0.1) is 13.8 Å². The third-order valence-corrected chi connectivity index (χ3v) is 4.05. The summed E-state index contributed by atoms with van der Waals surface area (Å²) >= 11 is 1.56. The van der Waals surface area contributed by atoms with Crippen LogP contribution in [0.2, 0.25) is 0 Å². The lowest BCUT2D eigenvalue weighted by molar-refractivity contribution is -0.115. The smallest absolute Gasteiger partial charge is 0.230 e. The Kier molecular flexibility index (Phi) is 3.28. The maximum atomic E-state index is 12.0. The highest BCUT2D eigenvalue weighted by Gasteiger charge is 2.09. The normalized spacial score (nSPS) is 10.9. The van der Waals surface area contributed by atoms with Gasteiger partial charge in [-0.3, -0.25) is 9.20 Å². The van der Waals surface area contributed by atoms with E-state index in [9.17, 15) is 4.79 Å². The number of rotatable bonds is 3. The molecule has 20 heavy (non-hydrogen) atoms. The summed E-state index contributed by atoms with van der Waals surface area (Å²) in [4.78, 5) is 17.3. The highest BCUT2D eigenvalue weighted by Crippen LogP contribution is 2.15. The second-order valence-electron chi connectivity index (χ2n) is 4.85. The van der Waals surface area contributed by atoms with Crippen molar-refractivity contribution in [1.29, 1.82) is 0 Å². The number of carbonyl (C=O) groups excluding carboxylic acids is 1. The summed E-state index contributed by atoms with van der Waals surface area (Å²) in [6.45, 7) is 4.09. The number of hydrogen-bond donors (Lipinski definition) is 1. The van der Waals surface area contributed by atoms with Gasteiger partial charge in [0, 0.05) is 23.5 Å². The number of fused-ring (bicyclic) bond motifs is 1. The number of carbonyl (C=O) groups is 1. The van der Waals surface area contributed by atoms with Gasteiger partial charge in [-0.15, -0.1) is 11.3 Å². The molecule has 0 saturated carbocycles. The van der Waals surface area contributed by atoms with E-state index in [2.05, 4.69) is 17.2 Å². The van der Waals surface area contributed by atoms with E-state index in [0.717, 1.165) is 16.3 Å². The molecule has 1 N–H and O–H groups in total.